The molecule has 0 spiro atoms. The number of hydrogen-bond donors (Lipinski definition) is 1. The molecule has 3 heteroatoms. The van der Waals surface area contributed by atoms with E-state index in [0.717, 1.165) is 39.0 Å². The molecule has 0 aliphatic heterocycles. The van der Waals surface area contributed by atoms with E-state index >= 15 is 0 Å². The molecule has 1 N–H and O–H groups in total. The number of carbonyl (C=O) groups is 1. The highest BCUT2D eigenvalue weighted by Gasteiger charge is 2.15. The lowest BCUT2D eigenvalue weighted by Gasteiger charge is -2.13. The summed E-state index contributed by atoms with van der Waals surface area (Å²) in [5.74, 6) is -0.124. The summed E-state index contributed by atoms with van der Waals surface area (Å²) in [5.41, 5.74) is 7.41. The molecule has 0 saturated heterocycles. The number of rotatable bonds is 3. The fourth-order valence-electron chi connectivity index (χ4n) is 3.30. The van der Waals surface area contributed by atoms with E-state index in [1.807, 2.05) is 74.5 Å². The predicted octanol–water partition coefficient (Wildman–Crippen LogP) is 6.08. The number of benzene rings is 3. The van der Waals surface area contributed by atoms with Crippen molar-refractivity contribution in [1.82, 2.24) is 4.98 Å². The second-order valence-corrected chi connectivity index (χ2v) is 7.21. The summed E-state index contributed by atoms with van der Waals surface area (Å²) in [6.45, 7) is 6.07. The number of para-hydroxylation sites is 1. The van der Waals surface area contributed by atoms with E-state index < -0.39 is 0 Å². The second-order valence-electron chi connectivity index (χ2n) is 7.21. The largest absolute Gasteiger partial charge is 0.322 e. The molecule has 28 heavy (non-hydrogen) atoms. The Hall–Kier alpha value is -3.46. The third-order valence-electron chi connectivity index (χ3n) is 4.95. The fourth-order valence-corrected chi connectivity index (χ4v) is 3.30. The SMILES string of the molecule is Cc1ccc(-c2cc(C(=O)Nc3cc(C)ccc3C)c3ccccc3n2)cc1. The van der Waals surface area contributed by atoms with E-state index in [1.165, 1.54) is 5.56 Å². The van der Waals surface area contributed by atoms with Crippen molar-refractivity contribution in [2.75, 3.05) is 5.32 Å². The van der Waals surface area contributed by atoms with Gasteiger partial charge in [0, 0.05) is 16.6 Å². The van der Waals surface area contributed by atoms with Gasteiger partial charge in [-0.3, -0.25) is 4.79 Å². The molecule has 0 fully saturated rings. The molecule has 0 bridgehead atoms. The summed E-state index contributed by atoms with van der Waals surface area (Å²) >= 11 is 0. The van der Waals surface area contributed by atoms with E-state index in [9.17, 15) is 4.79 Å². The van der Waals surface area contributed by atoms with Gasteiger partial charge in [0.2, 0.25) is 0 Å². The molecule has 3 aromatic carbocycles. The first-order chi connectivity index (χ1) is 13.5. The van der Waals surface area contributed by atoms with Gasteiger partial charge in [0.25, 0.3) is 5.91 Å². The van der Waals surface area contributed by atoms with Crippen molar-refractivity contribution in [2.24, 2.45) is 0 Å². The van der Waals surface area contributed by atoms with Crippen LogP contribution in [0.2, 0.25) is 0 Å². The number of nitrogens with one attached hydrogen (secondary N) is 1. The molecule has 1 aromatic heterocycles. The third kappa shape index (κ3) is 3.52. The molecule has 0 aliphatic rings. The van der Waals surface area contributed by atoms with Crippen LogP contribution in [0.4, 0.5) is 5.69 Å². The summed E-state index contributed by atoms with van der Waals surface area (Å²) in [6, 6.07) is 23.9. The Balaban J connectivity index is 1.81. The first-order valence-corrected chi connectivity index (χ1v) is 9.37. The number of amides is 1. The minimum absolute atomic E-state index is 0.124. The standard InChI is InChI=1S/C25H22N2O/c1-16-9-12-19(13-10-16)24-15-21(20-6-4-5-7-22(20)26-24)25(28)27-23-14-17(2)8-11-18(23)3/h4-15H,1-3H3,(H,27,28). The number of aryl methyl sites for hydroxylation is 3. The Morgan fingerprint density at radius 1 is 0.821 bits per heavy atom. The maximum Gasteiger partial charge on any atom is 0.256 e. The number of nitrogens with zero attached hydrogens (tertiary/aromatic N) is 1. The van der Waals surface area contributed by atoms with Crippen LogP contribution < -0.4 is 5.32 Å². The van der Waals surface area contributed by atoms with Gasteiger partial charge in [0.15, 0.2) is 0 Å². The maximum absolute atomic E-state index is 13.2. The third-order valence-corrected chi connectivity index (χ3v) is 4.95. The fraction of sp³-hybridized carbons (Fsp3) is 0.120. The van der Waals surface area contributed by atoms with Crippen molar-refractivity contribution in [3.63, 3.8) is 0 Å². The van der Waals surface area contributed by atoms with Gasteiger partial charge < -0.3 is 5.32 Å². The Morgan fingerprint density at radius 3 is 2.32 bits per heavy atom. The zero-order valence-electron chi connectivity index (χ0n) is 16.3. The van der Waals surface area contributed by atoms with Gasteiger partial charge >= 0.3 is 0 Å². The molecular formula is C25H22N2O. The van der Waals surface area contributed by atoms with Crippen LogP contribution in [0.5, 0.6) is 0 Å². The van der Waals surface area contributed by atoms with Gasteiger partial charge in [0.1, 0.15) is 0 Å². The van der Waals surface area contributed by atoms with Gasteiger partial charge in [-0.05, 0) is 50.1 Å². The molecule has 138 valence electrons. The molecule has 1 amide bonds. The minimum Gasteiger partial charge on any atom is -0.322 e. The number of pyridine rings is 1. The van der Waals surface area contributed by atoms with Crippen molar-refractivity contribution in [2.45, 2.75) is 20.8 Å². The summed E-state index contributed by atoms with van der Waals surface area (Å²) in [6.07, 6.45) is 0. The topological polar surface area (TPSA) is 42.0 Å². The van der Waals surface area contributed by atoms with Crippen LogP contribution in [0.15, 0.2) is 72.8 Å². The minimum atomic E-state index is -0.124. The Labute approximate surface area is 165 Å². The van der Waals surface area contributed by atoms with Gasteiger partial charge in [0.05, 0.1) is 16.8 Å². The number of hydrogen-bond acceptors (Lipinski definition) is 2. The van der Waals surface area contributed by atoms with Crippen LogP contribution in [-0.4, -0.2) is 10.9 Å². The van der Waals surface area contributed by atoms with E-state index in [-0.39, 0.29) is 5.91 Å². The van der Waals surface area contributed by atoms with Crippen LogP contribution in [0.3, 0.4) is 0 Å². The predicted molar refractivity (Wildman–Crippen MR) is 116 cm³/mol. The molecule has 4 rings (SSSR count). The van der Waals surface area contributed by atoms with Crippen molar-refractivity contribution < 1.29 is 4.79 Å². The first kappa shape index (κ1) is 17.9. The van der Waals surface area contributed by atoms with Gasteiger partial charge in [-0.2, -0.15) is 0 Å². The Morgan fingerprint density at radius 2 is 1.54 bits per heavy atom. The molecule has 0 unspecified atom stereocenters. The maximum atomic E-state index is 13.2. The van der Waals surface area contributed by atoms with Gasteiger partial charge in [-0.1, -0.05) is 60.2 Å². The quantitative estimate of drug-likeness (QED) is 0.477. The molecule has 0 atom stereocenters. The van der Waals surface area contributed by atoms with Crippen LogP contribution >= 0.6 is 0 Å². The lowest BCUT2D eigenvalue weighted by Crippen LogP contribution is -2.14. The van der Waals surface area contributed by atoms with Crippen LogP contribution in [0.1, 0.15) is 27.0 Å². The van der Waals surface area contributed by atoms with Crippen LogP contribution in [0, 0.1) is 20.8 Å². The highest BCUT2D eigenvalue weighted by atomic mass is 16.1. The van der Waals surface area contributed by atoms with Crippen LogP contribution in [0.25, 0.3) is 22.2 Å². The van der Waals surface area contributed by atoms with Gasteiger partial charge in [-0.15, -0.1) is 0 Å². The molecule has 1 heterocycles. The summed E-state index contributed by atoms with van der Waals surface area (Å²) in [7, 11) is 0. The van der Waals surface area contributed by atoms with Crippen molar-refractivity contribution in [3.8, 4) is 11.3 Å². The Bertz CT molecular complexity index is 1180. The average molecular weight is 366 g/mol. The van der Waals surface area contributed by atoms with E-state index in [4.69, 9.17) is 4.98 Å². The Kier molecular flexibility index (Phi) is 4.66. The highest BCUT2D eigenvalue weighted by Crippen LogP contribution is 2.26. The normalized spacial score (nSPS) is 10.8. The zero-order valence-corrected chi connectivity index (χ0v) is 16.3. The van der Waals surface area contributed by atoms with Crippen molar-refractivity contribution in [3.05, 3.63) is 95.1 Å². The molecule has 0 saturated carbocycles. The monoisotopic (exact) mass is 366 g/mol. The number of anilines is 1. The van der Waals surface area contributed by atoms with E-state index in [2.05, 4.69) is 24.4 Å². The lowest BCUT2D eigenvalue weighted by molar-refractivity contribution is 0.102. The van der Waals surface area contributed by atoms with E-state index in [1.54, 1.807) is 0 Å². The highest BCUT2D eigenvalue weighted by molar-refractivity contribution is 6.13. The van der Waals surface area contributed by atoms with E-state index in [0.29, 0.717) is 5.56 Å². The molecule has 3 nitrogen and oxygen atoms in total. The average Bonchev–Trinajstić information content (AvgIpc) is 2.70. The lowest BCUT2D eigenvalue weighted by atomic mass is 10.0. The second kappa shape index (κ2) is 7.28. The number of aromatic nitrogens is 1. The van der Waals surface area contributed by atoms with Crippen molar-refractivity contribution >= 4 is 22.5 Å². The molecule has 0 aliphatic carbocycles. The number of fused-ring (bicyclic) bond motifs is 1. The zero-order chi connectivity index (χ0) is 19.7. The van der Waals surface area contributed by atoms with Crippen molar-refractivity contribution in [1.29, 1.82) is 0 Å². The smallest absolute Gasteiger partial charge is 0.256 e. The molecule has 4 aromatic rings. The molecule has 0 radical (unpaired) electrons. The first-order valence-electron chi connectivity index (χ1n) is 9.37. The molecular weight excluding hydrogens is 344 g/mol. The van der Waals surface area contributed by atoms with Gasteiger partial charge in [-0.25, -0.2) is 4.98 Å². The summed E-state index contributed by atoms with van der Waals surface area (Å²) in [4.78, 5) is 18.0. The summed E-state index contributed by atoms with van der Waals surface area (Å²) < 4.78 is 0. The van der Waals surface area contributed by atoms with Crippen LogP contribution in [-0.2, 0) is 0 Å². The number of carbonyl (C=O) groups excluding carboxylic acids is 1. The summed E-state index contributed by atoms with van der Waals surface area (Å²) in [5, 5.41) is 3.93.